The second-order valence-electron chi connectivity index (χ2n) is 4.96. The number of rotatable bonds is 5. The number of carbonyl (C=O) groups excluding carboxylic acids is 1. The van der Waals surface area contributed by atoms with Crippen LogP contribution < -0.4 is 10.2 Å². The van der Waals surface area contributed by atoms with E-state index in [-0.39, 0.29) is 5.91 Å². The van der Waals surface area contributed by atoms with Crippen LogP contribution in [0.4, 0.5) is 5.69 Å². The molecule has 1 aromatic carbocycles. The number of para-hydroxylation sites is 1. The minimum atomic E-state index is -0.0689. The Balaban J connectivity index is 1.44. The van der Waals surface area contributed by atoms with Crippen molar-refractivity contribution in [1.82, 2.24) is 15.5 Å². The quantitative estimate of drug-likeness (QED) is 0.811. The van der Waals surface area contributed by atoms with Crippen molar-refractivity contribution in [2.45, 2.75) is 12.8 Å². The smallest absolute Gasteiger partial charge is 0.254 e. The number of fused-ring (bicyclic) bond motifs is 1. The second-order valence-corrected chi connectivity index (χ2v) is 4.96. The molecule has 0 saturated heterocycles. The first-order valence-corrected chi connectivity index (χ1v) is 6.94. The van der Waals surface area contributed by atoms with Gasteiger partial charge in [0.1, 0.15) is 0 Å². The zero-order valence-electron chi connectivity index (χ0n) is 11.3. The van der Waals surface area contributed by atoms with Gasteiger partial charge in [-0.15, -0.1) is 0 Å². The minimum absolute atomic E-state index is 0.0689. The first-order chi connectivity index (χ1) is 9.84. The fraction of sp³-hybridized carbons (Fsp3) is 0.333. The number of aromatic amines is 1. The van der Waals surface area contributed by atoms with Crippen molar-refractivity contribution < 1.29 is 4.79 Å². The van der Waals surface area contributed by atoms with Gasteiger partial charge in [0, 0.05) is 31.5 Å². The number of carbonyl (C=O) groups is 1. The number of amides is 1. The fourth-order valence-electron chi connectivity index (χ4n) is 2.59. The van der Waals surface area contributed by atoms with Crippen molar-refractivity contribution in [2.75, 3.05) is 24.5 Å². The monoisotopic (exact) mass is 270 g/mol. The molecular formula is C15H18N4O. The largest absolute Gasteiger partial charge is 0.371 e. The van der Waals surface area contributed by atoms with Crippen LogP contribution in [-0.4, -0.2) is 35.7 Å². The topological polar surface area (TPSA) is 61.0 Å². The number of aromatic nitrogens is 2. The SMILES string of the molecule is O=C(NCCCN1CCc2ccccc21)c1cn[nH]c1. The van der Waals surface area contributed by atoms with Crippen LogP contribution >= 0.6 is 0 Å². The maximum atomic E-state index is 11.7. The van der Waals surface area contributed by atoms with Crippen LogP contribution in [0.15, 0.2) is 36.7 Å². The van der Waals surface area contributed by atoms with Crippen molar-refractivity contribution in [1.29, 1.82) is 0 Å². The standard InChI is InChI=1S/C15H18N4O/c20-15(13-10-17-18-11-13)16-7-3-8-19-9-6-12-4-1-2-5-14(12)19/h1-2,4-5,10-11H,3,6-9H2,(H,16,20)(H,17,18). The summed E-state index contributed by atoms with van der Waals surface area (Å²) in [4.78, 5) is 14.1. The molecule has 5 heteroatoms. The van der Waals surface area contributed by atoms with Crippen LogP contribution in [0.2, 0.25) is 0 Å². The van der Waals surface area contributed by atoms with Gasteiger partial charge in [-0.05, 0) is 24.5 Å². The molecule has 1 aromatic heterocycles. The summed E-state index contributed by atoms with van der Waals surface area (Å²) in [7, 11) is 0. The lowest BCUT2D eigenvalue weighted by molar-refractivity contribution is 0.0953. The Morgan fingerprint density at radius 1 is 1.40 bits per heavy atom. The molecule has 20 heavy (non-hydrogen) atoms. The molecule has 0 fully saturated rings. The number of anilines is 1. The minimum Gasteiger partial charge on any atom is -0.371 e. The lowest BCUT2D eigenvalue weighted by Crippen LogP contribution is -2.29. The Morgan fingerprint density at radius 2 is 2.30 bits per heavy atom. The summed E-state index contributed by atoms with van der Waals surface area (Å²) in [5.41, 5.74) is 3.35. The highest BCUT2D eigenvalue weighted by Crippen LogP contribution is 2.27. The molecule has 0 saturated carbocycles. The van der Waals surface area contributed by atoms with Crippen molar-refractivity contribution in [3.05, 3.63) is 47.8 Å². The summed E-state index contributed by atoms with van der Waals surface area (Å²) in [6, 6.07) is 8.54. The van der Waals surface area contributed by atoms with Gasteiger partial charge < -0.3 is 10.2 Å². The molecule has 1 aliphatic rings. The first-order valence-electron chi connectivity index (χ1n) is 6.94. The highest BCUT2D eigenvalue weighted by molar-refractivity contribution is 5.93. The molecular weight excluding hydrogens is 252 g/mol. The van der Waals surface area contributed by atoms with Gasteiger partial charge in [0.05, 0.1) is 11.8 Å². The molecule has 1 aliphatic heterocycles. The number of hydrogen-bond acceptors (Lipinski definition) is 3. The van der Waals surface area contributed by atoms with Crippen molar-refractivity contribution >= 4 is 11.6 Å². The Morgan fingerprint density at radius 3 is 3.15 bits per heavy atom. The molecule has 0 bridgehead atoms. The number of nitrogens with one attached hydrogen (secondary N) is 2. The van der Waals surface area contributed by atoms with Gasteiger partial charge in [-0.1, -0.05) is 18.2 Å². The summed E-state index contributed by atoms with van der Waals surface area (Å²) in [5.74, 6) is -0.0689. The van der Waals surface area contributed by atoms with E-state index in [1.54, 1.807) is 6.20 Å². The lowest BCUT2D eigenvalue weighted by Gasteiger charge is -2.19. The molecule has 1 amide bonds. The summed E-state index contributed by atoms with van der Waals surface area (Å²) < 4.78 is 0. The summed E-state index contributed by atoms with van der Waals surface area (Å²) in [6.07, 6.45) is 5.20. The molecule has 0 radical (unpaired) electrons. The predicted octanol–water partition coefficient (Wildman–Crippen LogP) is 1.59. The van der Waals surface area contributed by atoms with Gasteiger partial charge in [-0.3, -0.25) is 9.89 Å². The maximum absolute atomic E-state index is 11.7. The molecule has 104 valence electrons. The number of benzene rings is 1. The third kappa shape index (κ3) is 2.66. The normalized spacial score (nSPS) is 13.3. The van der Waals surface area contributed by atoms with Crippen LogP contribution in [0.5, 0.6) is 0 Å². The highest BCUT2D eigenvalue weighted by Gasteiger charge is 2.17. The van der Waals surface area contributed by atoms with Gasteiger partial charge in [-0.25, -0.2) is 0 Å². The van der Waals surface area contributed by atoms with E-state index in [1.807, 2.05) is 0 Å². The average molecular weight is 270 g/mol. The van der Waals surface area contributed by atoms with Gasteiger partial charge in [0.2, 0.25) is 0 Å². The molecule has 0 aliphatic carbocycles. The van der Waals surface area contributed by atoms with E-state index in [4.69, 9.17) is 0 Å². The van der Waals surface area contributed by atoms with Crippen molar-refractivity contribution in [3.8, 4) is 0 Å². The van der Waals surface area contributed by atoms with Crippen LogP contribution in [0, 0.1) is 0 Å². The van der Waals surface area contributed by atoms with Crippen LogP contribution in [0.1, 0.15) is 22.3 Å². The van der Waals surface area contributed by atoms with Crippen LogP contribution in [0.3, 0.4) is 0 Å². The summed E-state index contributed by atoms with van der Waals surface area (Å²) >= 11 is 0. The predicted molar refractivity (Wildman–Crippen MR) is 77.9 cm³/mol. The van der Waals surface area contributed by atoms with Crippen LogP contribution in [-0.2, 0) is 6.42 Å². The zero-order chi connectivity index (χ0) is 13.8. The molecule has 0 unspecified atom stereocenters. The fourth-order valence-corrected chi connectivity index (χ4v) is 2.59. The molecule has 2 aromatic rings. The van der Waals surface area contributed by atoms with Gasteiger partial charge in [0.25, 0.3) is 5.91 Å². The maximum Gasteiger partial charge on any atom is 0.254 e. The number of H-pyrrole nitrogens is 1. The Labute approximate surface area is 118 Å². The zero-order valence-corrected chi connectivity index (χ0v) is 11.3. The number of hydrogen-bond donors (Lipinski definition) is 2. The highest BCUT2D eigenvalue weighted by atomic mass is 16.1. The third-order valence-corrected chi connectivity index (χ3v) is 3.63. The van der Waals surface area contributed by atoms with E-state index in [2.05, 4.69) is 44.7 Å². The van der Waals surface area contributed by atoms with E-state index in [1.165, 1.54) is 17.4 Å². The van der Waals surface area contributed by atoms with Crippen molar-refractivity contribution in [3.63, 3.8) is 0 Å². The van der Waals surface area contributed by atoms with Gasteiger partial charge in [0.15, 0.2) is 0 Å². The third-order valence-electron chi connectivity index (χ3n) is 3.63. The van der Waals surface area contributed by atoms with Crippen molar-refractivity contribution in [2.24, 2.45) is 0 Å². The second kappa shape index (κ2) is 5.77. The van der Waals surface area contributed by atoms with Gasteiger partial charge in [-0.2, -0.15) is 5.10 Å². The Kier molecular flexibility index (Phi) is 3.67. The van der Waals surface area contributed by atoms with E-state index in [0.717, 1.165) is 25.9 Å². The van der Waals surface area contributed by atoms with E-state index in [9.17, 15) is 4.79 Å². The van der Waals surface area contributed by atoms with Crippen LogP contribution in [0.25, 0.3) is 0 Å². The van der Waals surface area contributed by atoms with Gasteiger partial charge >= 0.3 is 0 Å². The Bertz CT molecular complexity index is 579. The molecule has 2 N–H and O–H groups in total. The van der Waals surface area contributed by atoms with E-state index in [0.29, 0.717) is 12.1 Å². The average Bonchev–Trinajstić information content (AvgIpc) is 3.13. The summed E-state index contributed by atoms with van der Waals surface area (Å²) in [6.45, 7) is 2.74. The van der Waals surface area contributed by atoms with E-state index < -0.39 is 0 Å². The number of nitrogens with zero attached hydrogens (tertiary/aromatic N) is 2. The first kappa shape index (κ1) is 12.7. The molecule has 0 spiro atoms. The molecule has 0 atom stereocenters. The summed E-state index contributed by atoms with van der Waals surface area (Å²) in [5, 5.41) is 9.31. The Hall–Kier alpha value is -2.30. The molecule has 3 rings (SSSR count). The lowest BCUT2D eigenvalue weighted by atomic mass is 10.2. The molecule has 5 nitrogen and oxygen atoms in total. The van der Waals surface area contributed by atoms with E-state index >= 15 is 0 Å². The molecule has 2 heterocycles.